The van der Waals surface area contributed by atoms with Gasteiger partial charge in [0.1, 0.15) is 24.4 Å². The molecule has 0 radical (unpaired) electrons. The molecule has 0 unspecified atom stereocenters. The molecule has 2 fully saturated rings. The largest absolute Gasteiger partial charge is 0.431 e. The fourth-order valence-corrected chi connectivity index (χ4v) is 2.77. The van der Waals surface area contributed by atoms with E-state index in [2.05, 4.69) is 0 Å². The highest BCUT2D eigenvalue weighted by atomic mass is 16.7. The van der Waals surface area contributed by atoms with Crippen molar-refractivity contribution in [3.63, 3.8) is 0 Å². The third kappa shape index (κ3) is 3.49. The summed E-state index contributed by atoms with van der Waals surface area (Å²) in [5.41, 5.74) is -2.29. The van der Waals surface area contributed by atoms with Gasteiger partial charge in [0.05, 0.1) is 18.3 Å². The lowest BCUT2D eigenvalue weighted by Gasteiger charge is -2.42. The molecular weight excluding hydrogens is 316 g/mol. The number of hydrogen-bond donors (Lipinski definition) is 7. The second kappa shape index (κ2) is 6.57. The number of carbonyl (C=O) groups is 1. The van der Waals surface area contributed by atoms with Crippen LogP contribution in [0, 0.1) is 0 Å². The summed E-state index contributed by atoms with van der Waals surface area (Å²) in [5, 5.41) is 67.8. The van der Waals surface area contributed by atoms with Gasteiger partial charge in [-0.25, -0.2) is 4.79 Å². The second-order valence-electron chi connectivity index (χ2n) is 6.15. The first kappa shape index (κ1) is 18.5. The van der Waals surface area contributed by atoms with Gasteiger partial charge in [-0.1, -0.05) is 0 Å². The van der Waals surface area contributed by atoms with E-state index in [-0.39, 0.29) is 0 Å². The van der Waals surface area contributed by atoms with Crippen LogP contribution in [0.1, 0.15) is 19.8 Å². The summed E-state index contributed by atoms with van der Waals surface area (Å²) in [5.74, 6) is -1.29. The van der Waals surface area contributed by atoms with Crippen LogP contribution in [-0.4, -0.2) is 96.3 Å². The fourth-order valence-electron chi connectivity index (χ4n) is 2.77. The first-order chi connectivity index (χ1) is 10.6. The van der Waals surface area contributed by atoms with Crippen molar-refractivity contribution < 1.29 is 50.0 Å². The maximum atomic E-state index is 12.1. The lowest BCUT2D eigenvalue weighted by molar-refractivity contribution is -0.292. The zero-order valence-electron chi connectivity index (χ0n) is 12.4. The molecule has 10 heteroatoms. The SMILES string of the molecule is C[C@@H]1O[C@@H](OC(=O)C2(O)C[C@@H](O)C(O)[C@H](O)C2)[C@H](O)[C@H](O)[C@H]1O. The number of aliphatic hydroxyl groups excluding tert-OH is 6. The van der Waals surface area contributed by atoms with E-state index in [1.165, 1.54) is 6.92 Å². The van der Waals surface area contributed by atoms with E-state index in [0.717, 1.165) is 0 Å². The Morgan fingerprint density at radius 2 is 1.48 bits per heavy atom. The molecule has 1 saturated carbocycles. The van der Waals surface area contributed by atoms with Crippen molar-refractivity contribution in [3.8, 4) is 0 Å². The Morgan fingerprint density at radius 1 is 0.957 bits per heavy atom. The summed E-state index contributed by atoms with van der Waals surface area (Å²) in [7, 11) is 0. The summed E-state index contributed by atoms with van der Waals surface area (Å²) >= 11 is 0. The summed E-state index contributed by atoms with van der Waals surface area (Å²) in [6.07, 6.45) is -13.0. The summed E-state index contributed by atoms with van der Waals surface area (Å²) in [6.45, 7) is 1.39. The van der Waals surface area contributed by atoms with Gasteiger partial charge in [-0.05, 0) is 6.92 Å². The number of rotatable bonds is 2. The van der Waals surface area contributed by atoms with Crippen LogP contribution in [0.5, 0.6) is 0 Å². The first-order valence-electron chi connectivity index (χ1n) is 7.24. The summed E-state index contributed by atoms with van der Waals surface area (Å²) in [4.78, 5) is 12.1. The van der Waals surface area contributed by atoms with Crippen LogP contribution in [0.3, 0.4) is 0 Å². The normalized spacial score (nSPS) is 51.3. The fraction of sp³-hybridized carbons (Fsp3) is 0.923. The molecule has 0 bridgehead atoms. The van der Waals surface area contributed by atoms with E-state index in [4.69, 9.17) is 9.47 Å². The maximum absolute atomic E-state index is 12.1. The number of ether oxygens (including phenoxy) is 2. The molecule has 0 aromatic heterocycles. The van der Waals surface area contributed by atoms with E-state index < -0.39 is 73.4 Å². The molecule has 134 valence electrons. The van der Waals surface area contributed by atoms with Gasteiger partial charge in [0.25, 0.3) is 0 Å². The molecule has 1 saturated heterocycles. The molecule has 1 aliphatic heterocycles. The molecule has 1 heterocycles. The van der Waals surface area contributed by atoms with Crippen LogP contribution >= 0.6 is 0 Å². The molecule has 2 aliphatic rings. The molecule has 0 amide bonds. The van der Waals surface area contributed by atoms with Crippen LogP contribution in [0.4, 0.5) is 0 Å². The number of esters is 1. The molecule has 10 nitrogen and oxygen atoms in total. The van der Waals surface area contributed by atoms with Crippen LogP contribution in [-0.2, 0) is 14.3 Å². The number of hydrogen-bond acceptors (Lipinski definition) is 10. The predicted octanol–water partition coefficient (Wildman–Crippen LogP) is -4.04. The van der Waals surface area contributed by atoms with Gasteiger partial charge < -0.3 is 45.2 Å². The number of carbonyl (C=O) groups excluding carboxylic acids is 1. The Bertz CT molecular complexity index is 430. The van der Waals surface area contributed by atoms with Crippen molar-refractivity contribution in [2.24, 2.45) is 0 Å². The third-order valence-corrected chi connectivity index (χ3v) is 4.29. The van der Waals surface area contributed by atoms with Crippen LogP contribution in [0.25, 0.3) is 0 Å². The van der Waals surface area contributed by atoms with Crippen molar-refractivity contribution in [1.29, 1.82) is 0 Å². The van der Waals surface area contributed by atoms with Gasteiger partial charge in [0.2, 0.25) is 6.29 Å². The van der Waals surface area contributed by atoms with Crippen molar-refractivity contribution in [2.75, 3.05) is 0 Å². The molecule has 1 aliphatic carbocycles. The van der Waals surface area contributed by atoms with Crippen LogP contribution in [0.2, 0.25) is 0 Å². The minimum atomic E-state index is -2.29. The minimum Gasteiger partial charge on any atom is -0.431 e. The Kier molecular flexibility index (Phi) is 5.28. The van der Waals surface area contributed by atoms with Crippen LogP contribution < -0.4 is 0 Å². The Morgan fingerprint density at radius 3 is 2.00 bits per heavy atom. The Hall–Kier alpha value is -0.850. The topological polar surface area (TPSA) is 177 Å². The highest BCUT2D eigenvalue weighted by molar-refractivity contribution is 5.79. The van der Waals surface area contributed by atoms with Gasteiger partial charge >= 0.3 is 5.97 Å². The standard InChI is InChI=1S/C13H22O10/c1-4-7(16)9(18)10(19)11(22-4)23-12(20)13(21)2-5(14)8(17)6(15)3-13/h4-11,14-19,21H,2-3H2,1H3/t4-,5+,6+,7-,8?,9+,10+,11-,13?/m0/s1. The molecule has 2 rings (SSSR count). The summed E-state index contributed by atoms with van der Waals surface area (Å²) < 4.78 is 9.90. The first-order valence-corrected chi connectivity index (χ1v) is 7.24. The Labute approximate surface area is 131 Å². The Balaban J connectivity index is 2.06. The van der Waals surface area contributed by atoms with Crippen molar-refractivity contribution in [1.82, 2.24) is 0 Å². The van der Waals surface area contributed by atoms with E-state index in [1.807, 2.05) is 0 Å². The molecule has 0 spiro atoms. The highest BCUT2D eigenvalue weighted by Crippen LogP contribution is 2.32. The van der Waals surface area contributed by atoms with Gasteiger partial charge in [0.15, 0.2) is 5.60 Å². The average Bonchev–Trinajstić information content (AvgIpc) is 2.48. The lowest BCUT2D eigenvalue weighted by atomic mass is 9.79. The highest BCUT2D eigenvalue weighted by Gasteiger charge is 2.52. The van der Waals surface area contributed by atoms with E-state index >= 15 is 0 Å². The van der Waals surface area contributed by atoms with Gasteiger partial charge in [-0.15, -0.1) is 0 Å². The van der Waals surface area contributed by atoms with E-state index in [0.29, 0.717) is 0 Å². The molecule has 7 N–H and O–H groups in total. The van der Waals surface area contributed by atoms with E-state index in [9.17, 15) is 40.5 Å². The van der Waals surface area contributed by atoms with Gasteiger partial charge in [-0.3, -0.25) is 0 Å². The second-order valence-corrected chi connectivity index (χ2v) is 6.15. The van der Waals surface area contributed by atoms with Crippen molar-refractivity contribution in [3.05, 3.63) is 0 Å². The van der Waals surface area contributed by atoms with Crippen LogP contribution in [0.15, 0.2) is 0 Å². The smallest absolute Gasteiger partial charge is 0.340 e. The van der Waals surface area contributed by atoms with E-state index in [1.54, 1.807) is 0 Å². The van der Waals surface area contributed by atoms with Crippen molar-refractivity contribution in [2.45, 2.75) is 74.4 Å². The maximum Gasteiger partial charge on any atom is 0.340 e. The third-order valence-electron chi connectivity index (χ3n) is 4.29. The molecule has 0 aromatic carbocycles. The number of aliphatic hydroxyl groups is 7. The minimum absolute atomic E-state index is 0.576. The molecular formula is C13H22O10. The zero-order valence-corrected chi connectivity index (χ0v) is 12.4. The molecule has 0 aromatic rings. The van der Waals surface area contributed by atoms with Gasteiger partial charge in [-0.2, -0.15) is 0 Å². The lowest BCUT2D eigenvalue weighted by Crippen LogP contribution is -2.61. The van der Waals surface area contributed by atoms with Crippen molar-refractivity contribution >= 4 is 5.97 Å². The quantitative estimate of drug-likeness (QED) is 0.245. The molecule has 23 heavy (non-hydrogen) atoms. The monoisotopic (exact) mass is 338 g/mol. The predicted molar refractivity (Wildman–Crippen MR) is 70.7 cm³/mol. The zero-order chi connectivity index (χ0) is 17.5. The molecule has 7 atom stereocenters. The average molecular weight is 338 g/mol. The summed E-state index contributed by atoms with van der Waals surface area (Å²) in [6, 6.07) is 0. The van der Waals surface area contributed by atoms with Gasteiger partial charge in [0, 0.05) is 12.8 Å².